The van der Waals surface area contributed by atoms with Gasteiger partial charge in [0.25, 0.3) is 0 Å². The minimum atomic E-state index is -0.823. The smallest absolute Gasteiger partial charge is 0.0877 e. The van der Waals surface area contributed by atoms with Crippen LogP contribution < -0.4 is 0 Å². The Kier molecular flexibility index (Phi) is 3.22. The van der Waals surface area contributed by atoms with Gasteiger partial charge in [-0.2, -0.15) is 5.26 Å². The molecule has 2 aliphatic rings. The van der Waals surface area contributed by atoms with E-state index >= 15 is 0 Å². The molecule has 0 radical (unpaired) electrons. The Balaban J connectivity index is 2.18. The van der Waals surface area contributed by atoms with Crippen molar-refractivity contribution in [3.63, 3.8) is 0 Å². The number of ether oxygens (including phenoxy) is 1. The van der Waals surface area contributed by atoms with Crippen LogP contribution in [0.25, 0.3) is 0 Å². The molecule has 0 bridgehead atoms. The number of rotatable bonds is 1. The van der Waals surface area contributed by atoms with E-state index in [0.29, 0.717) is 31.5 Å². The third-order valence-electron chi connectivity index (χ3n) is 4.88. The van der Waals surface area contributed by atoms with Gasteiger partial charge in [-0.15, -0.1) is 0 Å². The highest BCUT2D eigenvalue weighted by Crippen LogP contribution is 2.52. The number of hydrogen-bond donors (Lipinski definition) is 1. The first-order valence-corrected chi connectivity index (χ1v) is 6.65. The number of nitriles is 1. The van der Waals surface area contributed by atoms with Crippen LogP contribution in [0.4, 0.5) is 0 Å². The summed E-state index contributed by atoms with van der Waals surface area (Å²) >= 11 is 0. The molecule has 3 heteroatoms. The van der Waals surface area contributed by atoms with Gasteiger partial charge in [-0.3, -0.25) is 0 Å². The molecule has 1 N–H and O–H groups in total. The Labute approximate surface area is 104 Å². The molecule has 3 nitrogen and oxygen atoms in total. The quantitative estimate of drug-likeness (QED) is 0.762. The summed E-state index contributed by atoms with van der Waals surface area (Å²) in [5.74, 6) is 0. The van der Waals surface area contributed by atoms with E-state index in [-0.39, 0.29) is 0 Å². The summed E-state index contributed by atoms with van der Waals surface area (Å²) < 4.78 is 5.32. The predicted octanol–water partition coefficient (Wildman–Crippen LogP) is 2.64. The van der Waals surface area contributed by atoms with Gasteiger partial charge in [0.2, 0.25) is 0 Å². The zero-order valence-electron chi connectivity index (χ0n) is 11.0. The van der Waals surface area contributed by atoms with E-state index < -0.39 is 11.0 Å². The van der Waals surface area contributed by atoms with Crippen LogP contribution >= 0.6 is 0 Å². The van der Waals surface area contributed by atoms with Crippen molar-refractivity contribution in [1.29, 1.82) is 5.26 Å². The van der Waals surface area contributed by atoms with Crippen LogP contribution in [0.1, 0.15) is 52.4 Å². The minimum absolute atomic E-state index is 0.321. The summed E-state index contributed by atoms with van der Waals surface area (Å²) in [6.07, 6.45) is 4.94. The van der Waals surface area contributed by atoms with E-state index in [0.717, 1.165) is 25.7 Å². The molecule has 0 aromatic carbocycles. The van der Waals surface area contributed by atoms with Crippen LogP contribution in [-0.2, 0) is 4.74 Å². The van der Waals surface area contributed by atoms with Crippen LogP contribution in [-0.4, -0.2) is 23.9 Å². The molecule has 2 fully saturated rings. The van der Waals surface area contributed by atoms with Crippen LogP contribution in [0.2, 0.25) is 0 Å². The molecule has 1 heterocycles. The molecule has 0 atom stereocenters. The van der Waals surface area contributed by atoms with Gasteiger partial charge in [0.1, 0.15) is 0 Å². The fourth-order valence-electron chi connectivity index (χ4n) is 3.22. The van der Waals surface area contributed by atoms with Gasteiger partial charge in [-0.05, 0) is 31.1 Å². The summed E-state index contributed by atoms with van der Waals surface area (Å²) in [6, 6.07) is 2.46. The van der Waals surface area contributed by atoms with Crippen molar-refractivity contribution in [2.75, 3.05) is 13.2 Å². The highest BCUT2D eigenvalue weighted by atomic mass is 16.5. The maximum absolute atomic E-state index is 10.8. The topological polar surface area (TPSA) is 53.2 Å². The maximum atomic E-state index is 10.8. The Morgan fingerprint density at radius 1 is 1.00 bits per heavy atom. The third-order valence-corrected chi connectivity index (χ3v) is 4.88. The second-order valence-electron chi connectivity index (χ2n) is 6.50. The molecule has 96 valence electrons. The first kappa shape index (κ1) is 12.9. The van der Waals surface area contributed by atoms with E-state index in [1.54, 1.807) is 0 Å². The summed E-state index contributed by atoms with van der Waals surface area (Å²) in [6.45, 7) is 5.68. The van der Waals surface area contributed by atoms with E-state index in [1.807, 2.05) is 0 Å². The second-order valence-corrected chi connectivity index (χ2v) is 6.50. The Bertz CT molecular complexity index is 314. The van der Waals surface area contributed by atoms with Gasteiger partial charge < -0.3 is 9.84 Å². The standard InChI is InChI=1S/C14H23NO2/c1-12(2)3-5-13(11-15,6-4-12)14(16)7-9-17-10-8-14/h16H,3-10H2,1-2H3. The number of hydrogen-bond acceptors (Lipinski definition) is 3. The lowest BCUT2D eigenvalue weighted by Gasteiger charge is -2.49. The van der Waals surface area contributed by atoms with Gasteiger partial charge in [-0.25, -0.2) is 0 Å². The Hall–Kier alpha value is -0.590. The van der Waals surface area contributed by atoms with Crippen LogP contribution in [0, 0.1) is 22.2 Å². The Morgan fingerprint density at radius 3 is 2.00 bits per heavy atom. The van der Waals surface area contributed by atoms with Gasteiger partial charge >= 0.3 is 0 Å². The van der Waals surface area contributed by atoms with Crippen molar-refractivity contribution in [2.24, 2.45) is 10.8 Å². The largest absolute Gasteiger partial charge is 0.388 e. The van der Waals surface area contributed by atoms with E-state index in [4.69, 9.17) is 4.74 Å². The van der Waals surface area contributed by atoms with Crippen LogP contribution in [0.5, 0.6) is 0 Å². The monoisotopic (exact) mass is 237 g/mol. The summed E-state index contributed by atoms with van der Waals surface area (Å²) in [5.41, 5.74) is -1.04. The molecule has 1 aliphatic carbocycles. The zero-order chi connectivity index (χ0) is 12.6. The third kappa shape index (κ3) is 2.21. The highest BCUT2D eigenvalue weighted by Gasteiger charge is 2.53. The molecule has 2 rings (SSSR count). The molecule has 1 saturated heterocycles. The first-order chi connectivity index (χ1) is 7.93. The van der Waals surface area contributed by atoms with E-state index in [9.17, 15) is 10.4 Å². The predicted molar refractivity (Wildman–Crippen MR) is 65.3 cm³/mol. The van der Waals surface area contributed by atoms with Gasteiger partial charge in [-0.1, -0.05) is 13.8 Å². The molecule has 0 amide bonds. The average molecular weight is 237 g/mol. The molecule has 1 aliphatic heterocycles. The highest BCUT2D eigenvalue weighted by molar-refractivity contribution is 5.14. The van der Waals surface area contributed by atoms with Gasteiger partial charge in [0.15, 0.2) is 0 Å². The first-order valence-electron chi connectivity index (χ1n) is 6.65. The summed E-state index contributed by atoms with van der Waals surface area (Å²) in [5, 5.41) is 20.4. The molecule has 1 saturated carbocycles. The fourth-order valence-corrected chi connectivity index (χ4v) is 3.22. The average Bonchev–Trinajstić information content (AvgIpc) is 2.30. The van der Waals surface area contributed by atoms with E-state index in [1.165, 1.54) is 0 Å². The fraction of sp³-hybridized carbons (Fsp3) is 0.929. The van der Waals surface area contributed by atoms with Crippen molar-refractivity contribution in [3.8, 4) is 6.07 Å². The van der Waals surface area contributed by atoms with Crippen molar-refractivity contribution in [1.82, 2.24) is 0 Å². The zero-order valence-corrected chi connectivity index (χ0v) is 11.0. The van der Waals surface area contributed by atoms with Crippen LogP contribution in [0.15, 0.2) is 0 Å². The molecule has 17 heavy (non-hydrogen) atoms. The van der Waals surface area contributed by atoms with Gasteiger partial charge in [0.05, 0.1) is 17.1 Å². The summed E-state index contributed by atoms with van der Waals surface area (Å²) in [7, 11) is 0. The lowest BCUT2D eigenvalue weighted by molar-refractivity contribution is -0.141. The number of nitrogens with zero attached hydrogens (tertiary/aromatic N) is 1. The lowest BCUT2D eigenvalue weighted by atomic mass is 9.57. The molecular weight excluding hydrogens is 214 g/mol. The lowest BCUT2D eigenvalue weighted by Crippen LogP contribution is -2.53. The maximum Gasteiger partial charge on any atom is 0.0877 e. The van der Waals surface area contributed by atoms with E-state index in [2.05, 4.69) is 19.9 Å². The van der Waals surface area contributed by atoms with Crippen LogP contribution in [0.3, 0.4) is 0 Å². The molecule has 0 unspecified atom stereocenters. The molecular formula is C14H23NO2. The molecule has 0 aromatic heterocycles. The second kappa shape index (κ2) is 4.26. The van der Waals surface area contributed by atoms with Crippen molar-refractivity contribution >= 4 is 0 Å². The van der Waals surface area contributed by atoms with Crippen molar-refractivity contribution in [2.45, 2.75) is 58.0 Å². The van der Waals surface area contributed by atoms with Crippen molar-refractivity contribution < 1.29 is 9.84 Å². The normalized spacial score (nSPS) is 30.5. The summed E-state index contributed by atoms with van der Waals surface area (Å²) in [4.78, 5) is 0. The van der Waals surface area contributed by atoms with Gasteiger partial charge in [0, 0.05) is 26.1 Å². The number of aliphatic hydroxyl groups is 1. The molecule has 0 spiro atoms. The minimum Gasteiger partial charge on any atom is -0.388 e. The van der Waals surface area contributed by atoms with Crippen molar-refractivity contribution in [3.05, 3.63) is 0 Å². The SMILES string of the molecule is CC1(C)CCC(C#N)(C2(O)CCOCC2)CC1. The Morgan fingerprint density at radius 2 is 1.53 bits per heavy atom. The molecule has 0 aromatic rings.